The number of rotatable bonds is 10. The van der Waals surface area contributed by atoms with Crippen LogP contribution in [-0.4, -0.2) is 60.0 Å². The highest BCUT2D eigenvalue weighted by Gasteiger charge is 2.42. The second-order valence-electron chi connectivity index (χ2n) is 9.61. The summed E-state index contributed by atoms with van der Waals surface area (Å²) >= 11 is 0. The van der Waals surface area contributed by atoms with Crippen molar-refractivity contribution >= 4 is 5.91 Å². The Kier molecular flexibility index (Phi) is 8.56. The predicted molar refractivity (Wildman–Crippen MR) is 152 cm³/mol. The molecule has 194 valence electrons. The van der Waals surface area contributed by atoms with Crippen molar-refractivity contribution in [2.75, 3.05) is 39.3 Å². The third-order valence-electron chi connectivity index (χ3n) is 7.34. The molecule has 1 saturated heterocycles. The molecule has 0 atom stereocenters. The van der Waals surface area contributed by atoms with Crippen LogP contribution in [0.15, 0.2) is 116 Å². The molecule has 1 fully saturated rings. The third kappa shape index (κ3) is 5.68. The van der Waals surface area contributed by atoms with Gasteiger partial charge >= 0.3 is 0 Å². The molecule has 6 heteroatoms. The SMILES string of the molecule is O=C(NNCCCN1CCN(C(c2ccccc2)(c2ccccc2)c2ccccc2)CC1)c1ccncc1. The molecule has 0 unspecified atom stereocenters. The van der Waals surface area contributed by atoms with E-state index in [4.69, 9.17) is 0 Å². The summed E-state index contributed by atoms with van der Waals surface area (Å²) in [4.78, 5) is 21.3. The molecule has 2 N–H and O–H groups in total. The zero-order valence-corrected chi connectivity index (χ0v) is 21.7. The molecule has 1 aliphatic rings. The maximum absolute atomic E-state index is 12.2. The molecular formula is C32H35N5O. The molecule has 0 bridgehead atoms. The Bertz CT molecular complexity index is 1160. The van der Waals surface area contributed by atoms with E-state index >= 15 is 0 Å². The summed E-state index contributed by atoms with van der Waals surface area (Å²) in [5.41, 5.74) is 9.96. The van der Waals surface area contributed by atoms with Crippen LogP contribution in [0.3, 0.4) is 0 Å². The monoisotopic (exact) mass is 505 g/mol. The molecule has 1 amide bonds. The topological polar surface area (TPSA) is 60.5 Å². The lowest BCUT2D eigenvalue weighted by molar-refractivity contribution is 0.0722. The van der Waals surface area contributed by atoms with E-state index in [-0.39, 0.29) is 11.4 Å². The molecule has 38 heavy (non-hydrogen) atoms. The summed E-state index contributed by atoms with van der Waals surface area (Å²) in [6.45, 7) is 5.63. The van der Waals surface area contributed by atoms with Crippen molar-refractivity contribution in [2.45, 2.75) is 12.0 Å². The fourth-order valence-electron chi connectivity index (χ4n) is 5.50. The number of nitrogens with one attached hydrogen (secondary N) is 2. The fraction of sp³-hybridized carbons (Fsp3) is 0.250. The first-order valence-corrected chi connectivity index (χ1v) is 13.4. The van der Waals surface area contributed by atoms with E-state index in [0.29, 0.717) is 5.56 Å². The lowest BCUT2D eigenvalue weighted by Gasteiger charge is -2.49. The van der Waals surface area contributed by atoms with Crippen LogP contribution in [0.4, 0.5) is 0 Å². The summed E-state index contributed by atoms with van der Waals surface area (Å²) in [6.07, 6.45) is 4.20. The van der Waals surface area contributed by atoms with Crippen LogP contribution < -0.4 is 10.9 Å². The predicted octanol–water partition coefficient (Wildman–Crippen LogP) is 4.32. The summed E-state index contributed by atoms with van der Waals surface area (Å²) in [7, 11) is 0. The summed E-state index contributed by atoms with van der Waals surface area (Å²) < 4.78 is 0. The fourth-order valence-corrected chi connectivity index (χ4v) is 5.50. The zero-order chi connectivity index (χ0) is 26.0. The van der Waals surface area contributed by atoms with Gasteiger partial charge in [-0.25, -0.2) is 5.43 Å². The normalized spacial score (nSPS) is 14.7. The number of amides is 1. The van der Waals surface area contributed by atoms with E-state index in [2.05, 4.69) is 117 Å². The number of pyridine rings is 1. The molecule has 4 aromatic rings. The van der Waals surface area contributed by atoms with Crippen LogP contribution >= 0.6 is 0 Å². The standard InChI is InChI=1S/C32H35N5O/c38-31(27-17-20-33-21-18-27)35-34-19-10-22-36-23-25-37(26-24-36)32(28-11-4-1-5-12-28,29-13-6-2-7-14-29)30-15-8-3-9-16-30/h1-9,11-18,20-21,34H,10,19,22-26H2,(H,35,38). The Morgan fingerprint density at radius 3 is 1.71 bits per heavy atom. The average molecular weight is 506 g/mol. The molecule has 0 radical (unpaired) electrons. The Morgan fingerprint density at radius 1 is 0.711 bits per heavy atom. The van der Waals surface area contributed by atoms with Crippen LogP contribution in [-0.2, 0) is 5.54 Å². The average Bonchev–Trinajstić information content (AvgIpc) is 3.00. The molecule has 2 heterocycles. The molecule has 6 nitrogen and oxygen atoms in total. The van der Waals surface area contributed by atoms with Crippen molar-refractivity contribution in [1.29, 1.82) is 0 Å². The number of benzene rings is 3. The van der Waals surface area contributed by atoms with Crippen molar-refractivity contribution < 1.29 is 4.79 Å². The number of carbonyl (C=O) groups excluding carboxylic acids is 1. The largest absolute Gasteiger partial charge is 0.301 e. The molecule has 5 rings (SSSR count). The highest BCUT2D eigenvalue weighted by atomic mass is 16.2. The van der Waals surface area contributed by atoms with Crippen LogP contribution in [0.1, 0.15) is 33.5 Å². The maximum Gasteiger partial charge on any atom is 0.265 e. The molecule has 1 aliphatic heterocycles. The van der Waals surface area contributed by atoms with E-state index in [9.17, 15) is 4.79 Å². The van der Waals surface area contributed by atoms with E-state index in [1.165, 1.54) is 16.7 Å². The van der Waals surface area contributed by atoms with Gasteiger partial charge < -0.3 is 4.90 Å². The van der Waals surface area contributed by atoms with E-state index in [1.54, 1.807) is 24.5 Å². The van der Waals surface area contributed by atoms with E-state index < -0.39 is 0 Å². The second kappa shape index (κ2) is 12.6. The number of piperazine rings is 1. The quantitative estimate of drug-likeness (QED) is 0.191. The molecule has 1 aromatic heterocycles. The molecule has 0 aliphatic carbocycles. The van der Waals surface area contributed by atoms with Gasteiger partial charge in [0.25, 0.3) is 5.91 Å². The van der Waals surface area contributed by atoms with E-state index in [0.717, 1.165) is 45.7 Å². The first-order valence-electron chi connectivity index (χ1n) is 13.4. The number of hydrogen-bond donors (Lipinski definition) is 2. The smallest absolute Gasteiger partial charge is 0.265 e. The highest BCUT2D eigenvalue weighted by Crippen LogP contribution is 2.42. The van der Waals surface area contributed by atoms with Gasteiger partial charge in [0.1, 0.15) is 0 Å². The van der Waals surface area contributed by atoms with Crippen molar-refractivity contribution in [3.05, 3.63) is 138 Å². The van der Waals surface area contributed by atoms with Gasteiger partial charge in [0.05, 0.1) is 5.54 Å². The summed E-state index contributed by atoms with van der Waals surface area (Å²) in [5, 5.41) is 0. The van der Waals surface area contributed by atoms with Gasteiger partial charge in [0.15, 0.2) is 0 Å². The second-order valence-corrected chi connectivity index (χ2v) is 9.61. The van der Waals surface area contributed by atoms with Crippen molar-refractivity contribution in [2.24, 2.45) is 0 Å². The summed E-state index contributed by atoms with van der Waals surface area (Å²) in [5.74, 6) is -0.139. The van der Waals surface area contributed by atoms with Crippen LogP contribution in [0, 0.1) is 0 Å². The van der Waals surface area contributed by atoms with Gasteiger partial charge in [-0.15, -0.1) is 0 Å². The lowest BCUT2D eigenvalue weighted by atomic mass is 9.75. The van der Waals surface area contributed by atoms with Gasteiger partial charge in [0.2, 0.25) is 0 Å². The number of aromatic nitrogens is 1. The lowest BCUT2D eigenvalue weighted by Crippen LogP contribution is -2.56. The number of hydrazine groups is 1. The third-order valence-corrected chi connectivity index (χ3v) is 7.34. The number of nitrogens with zero attached hydrogens (tertiary/aromatic N) is 3. The van der Waals surface area contributed by atoms with Crippen molar-refractivity contribution in [3.63, 3.8) is 0 Å². The molecule has 3 aromatic carbocycles. The molecule has 0 spiro atoms. The van der Waals surface area contributed by atoms with Crippen LogP contribution in [0.2, 0.25) is 0 Å². The first-order chi connectivity index (χ1) is 18.8. The van der Waals surface area contributed by atoms with Gasteiger partial charge in [-0.3, -0.25) is 20.1 Å². The minimum absolute atomic E-state index is 0.139. The van der Waals surface area contributed by atoms with Gasteiger partial charge in [0, 0.05) is 50.7 Å². The Labute approximate surface area is 225 Å². The van der Waals surface area contributed by atoms with Crippen LogP contribution in [0.25, 0.3) is 0 Å². The van der Waals surface area contributed by atoms with Gasteiger partial charge in [-0.1, -0.05) is 91.0 Å². The first kappa shape index (κ1) is 25.8. The highest BCUT2D eigenvalue weighted by molar-refractivity contribution is 5.93. The molecular weight excluding hydrogens is 470 g/mol. The Balaban J connectivity index is 1.25. The molecule has 0 saturated carbocycles. The van der Waals surface area contributed by atoms with Gasteiger partial charge in [-0.2, -0.15) is 0 Å². The Morgan fingerprint density at radius 2 is 1.21 bits per heavy atom. The zero-order valence-electron chi connectivity index (χ0n) is 21.7. The van der Waals surface area contributed by atoms with Crippen molar-refractivity contribution in [3.8, 4) is 0 Å². The summed E-state index contributed by atoms with van der Waals surface area (Å²) in [6, 6.07) is 36.1. The number of carbonyl (C=O) groups is 1. The maximum atomic E-state index is 12.2. The minimum atomic E-state index is -0.353. The minimum Gasteiger partial charge on any atom is -0.301 e. The van der Waals surface area contributed by atoms with Crippen molar-refractivity contribution in [1.82, 2.24) is 25.6 Å². The van der Waals surface area contributed by atoms with Crippen LogP contribution in [0.5, 0.6) is 0 Å². The van der Waals surface area contributed by atoms with Gasteiger partial charge in [-0.05, 0) is 41.8 Å². The van der Waals surface area contributed by atoms with E-state index in [1.807, 2.05) is 0 Å². The number of hydrogen-bond acceptors (Lipinski definition) is 5. The Hall–Kier alpha value is -3.84.